The summed E-state index contributed by atoms with van der Waals surface area (Å²) in [6, 6.07) is 5.53. The highest BCUT2D eigenvalue weighted by Crippen LogP contribution is 2.40. The van der Waals surface area contributed by atoms with Gasteiger partial charge in [-0.25, -0.2) is 4.79 Å². The molecule has 6 nitrogen and oxygen atoms in total. The van der Waals surface area contributed by atoms with Crippen LogP contribution in [-0.2, 0) is 17.6 Å². The van der Waals surface area contributed by atoms with Crippen molar-refractivity contribution in [3.8, 4) is 5.75 Å². The van der Waals surface area contributed by atoms with Crippen LogP contribution in [0.3, 0.4) is 0 Å². The van der Waals surface area contributed by atoms with Crippen LogP contribution in [0.25, 0.3) is 11.0 Å². The zero-order valence-corrected chi connectivity index (χ0v) is 18.2. The van der Waals surface area contributed by atoms with E-state index in [1.54, 1.807) is 13.0 Å². The Bertz CT molecular complexity index is 1060. The monoisotopic (exact) mass is 425 g/mol. The number of hydrogen-bond acceptors (Lipinski definition) is 5. The van der Waals surface area contributed by atoms with Crippen LogP contribution in [0.15, 0.2) is 27.4 Å². The van der Waals surface area contributed by atoms with E-state index in [1.165, 1.54) is 0 Å². The van der Waals surface area contributed by atoms with Crippen molar-refractivity contribution >= 4 is 16.9 Å². The van der Waals surface area contributed by atoms with Crippen molar-refractivity contribution in [3.63, 3.8) is 0 Å². The number of aryl methyl sites for hydroxylation is 1. The zero-order chi connectivity index (χ0) is 21.6. The molecule has 2 fully saturated rings. The molecule has 31 heavy (non-hydrogen) atoms. The van der Waals surface area contributed by atoms with Crippen molar-refractivity contribution in [2.45, 2.75) is 76.4 Å². The SMILES string of the molecule is C[C@@H](Oc1ccc2c3c(c(=O)oc2c1)CCCC3)C(=O)N1CC[C@]2(O)CCCC[C@@H]2C1. The third kappa shape index (κ3) is 3.75. The number of carbonyl (C=O) groups excluding carboxylic acids is 1. The number of likely N-dealkylation sites (tertiary alicyclic amines) is 1. The molecule has 1 amide bonds. The molecular weight excluding hydrogens is 394 g/mol. The van der Waals surface area contributed by atoms with Crippen molar-refractivity contribution in [2.75, 3.05) is 13.1 Å². The molecule has 2 aliphatic carbocycles. The third-order valence-corrected chi connectivity index (χ3v) is 7.59. The van der Waals surface area contributed by atoms with E-state index in [9.17, 15) is 14.7 Å². The zero-order valence-electron chi connectivity index (χ0n) is 18.2. The summed E-state index contributed by atoms with van der Waals surface area (Å²) in [5.74, 6) is 0.630. The minimum atomic E-state index is -0.642. The fraction of sp³-hybridized carbons (Fsp3) is 0.600. The molecule has 5 rings (SSSR count). The van der Waals surface area contributed by atoms with Gasteiger partial charge < -0.3 is 19.2 Å². The number of benzene rings is 1. The van der Waals surface area contributed by atoms with Gasteiger partial charge in [-0.1, -0.05) is 12.8 Å². The predicted octanol–water partition coefficient (Wildman–Crippen LogP) is 3.59. The van der Waals surface area contributed by atoms with E-state index in [-0.39, 0.29) is 17.5 Å². The maximum Gasteiger partial charge on any atom is 0.339 e. The molecule has 3 atom stereocenters. The number of hydrogen-bond donors (Lipinski definition) is 1. The van der Waals surface area contributed by atoms with Gasteiger partial charge in [0.05, 0.1) is 5.60 Å². The van der Waals surface area contributed by atoms with Crippen LogP contribution in [0.5, 0.6) is 5.75 Å². The number of ether oxygens (including phenoxy) is 1. The van der Waals surface area contributed by atoms with Crippen molar-refractivity contribution in [1.29, 1.82) is 0 Å². The Hall–Kier alpha value is -2.34. The summed E-state index contributed by atoms with van der Waals surface area (Å²) in [5.41, 5.74) is 1.57. The maximum atomic E-state index is 13.0. The minimum Gasteiger partial charge on any atom is -0.481 e. The Morgan fingerprint density at radius 2 is 2.00 bits per heavy atom. The highest BCUT2D eigenvalue weighted by atomic mass is 16.5. The first kappa shape index (κ1) is 20.6. The first-order valence-corrected chi connectivity index (χ1v) is 11.7. The van der Waals surface area contributed by atoms with Crippen molar-refractivity contribution in [1.82, 2.24) is 4.90 Å². The van der Waals surface area contributed by atoms with Gasteiger partial charge in [0.2, 0.25) is 0 Å². The van der Waals surface area contributed by atoms with Gasteiger partial charge in [0.1, 0.15) is 11.3 Å². The van der Waals surface area contributed by atoms with E-state index >= 15 is 0 Å². The van der Waals surface area contributed by atoms with E-state index in [0.29, 0.717) is 30.8 Å². The highest BCUT2D eigenvalue weighted by Gasteiger charge is 2.44. The van der Waals surface area contributed by atoms with Crippen LogP contribution in [-0.4, -0.2) is 40.7 Å². The molecule has 0 radical (unpaired) electrons. The predicted molar refractivity (Wildman–Crippen MR) is 117 cm³/mol. The summed E-state index contributed by atoms with van der Waals surface area (Å²) in [6.07, 6.45) is 7.80. The van der Waals surface area contributed by atoms with Gasteiger partial charge in [-0.05, 0) is 69.6 Å². The summed E-state index contributed by atoms with van der Waals surface area (Å²) in [5, 5.41) is 11.8. The molecule has 1 aromatic carbocycles. The highest BCUT2D eigenvalue weighted by molar-refractivity contribution is 5.84. The van der Waals surface area contributed by atoms with Crippen LogP contribution in [0.1, 0.15) is 63.0 Å². The van der Waals surface area contributed by atoms with Crippen LogP contribution >= 0.6 is 0 Å². The quantitative estimate of drug-likeness (QED) is 0.760. The number of nitrogens with zero attached hydrogens (tertiary/aromatic N) is 1. The lowest BCUT2D eigenvalue weighted by molar-refractivity contribution is -0.149. The molecule has 0 spiro atoms. The standard InChI is InChI=1S/C25H31NO5/c1-16(23(27)26-13-12-25(29)11-5-4-6-17(25)15-26)30-18-9-10-20-19-7-2-3-8-21(19)24(28)31-22(20)14-18/h9-10,14,16-17,29H,2-8,11-13,15H2,1H3/t16-,17-,25-/m1/s1. The van der Waals surface area contributed by atoms with Crippen molar-refractivity contribution < 1.29 is 19.1 Å². The Morgan fingerprint density at radius 3 is 2.84 bits per heavy atom. The van der Waals surface area contributed by atoms with Crippen molar-refractivity contribution in [2.24, 2.45) is 5.92 Å². The second-order valence-electron chi connectivity index (χ2n) is 9.55. The Balaban J connectivity index is 1.31. The number of fused-ring (bicyclic) bond motifs is 4. The lowest BCUT2D eigenvalue weighted by atomic mass is 9.71. The van der Waals surface area contributed by atoms with Gasteiger partial charge in [-0.3, -0.25) is 4.79 Å². The maximum absolute atomic E-state index is 13.0. The molecule has 0 bridgehead atoms. The Labute approximate surface area is 182 Å². The fourth-order valence-corrected chi connectivity index (χ4v) is 5.78. The smallest absolute Gasteiger partial charge is 0.339 e. The number of carbonyl (C=O) groups is 1. The van der Waals surface area contributed by atoms with Crippen LogP contribution in [0.4, 0.5) is 0 Å². The normalized spacial score (nSPS) is 26.8. The van der Waals surface area contributed by atoms with Gasteiger partial charge in [0.25, 0.3) is 5.91 Å². The van der Waals surface area contributed by atoms with Gasteiger partial charge in [-0.15, -0.1) is 0 Å². The summed E-state index contributed by atoms with van der Waals surface area (Å²) in [7, 11) is 0. The fourth-order valence-electron chi connectivity index (χ4n) is 5.78. The lowest BCUT2D eigenvalue weighted by Crippen LogP contribution is -2.56. The molecule has 1 saturated heterocycles. The molecule has 2 aromatic rings. The average Bonchev–Trinajstić information content (AvgIpc) is 2.78. The van der Waals surface area contributed by atoms with Crippen LogP contribution < -0.4 is 10.4 Å². The van der Waals surface area contributed by atoms with Gasteiger partial charge in [0, 0.05) is 36.0 Å². The molecule has 0 unspecified atom stereocenters. The van der Waals surface area contributed by atoms with Gasteiger partial charge >= 0.3 is 5.63 Å². The molecule has 2 heterocycles. The number of piperidine rings is 1. The van der Waals surface area contributed by atoms with E-state index in [1.807, 2.05) is 17.0 Å². The first-order valence-electron chi connectivity index (χ1n) is 11.7. The summed E-state index contributed by atoms with van der Waals surface area (Å²) in [6.45, 7) is 2.93. The number of amides is 1. The number of rotatable bonds is 3. The Morgan fingerprint density at radius 1 is 1.19 bits per heavy atom. The molecule has 1 aliphatic heterocycles. The molecule has 1 aromatic heterocycles. The van der Waals surface area contributed by atoms with Crippen LogP contribution in [0.2, 0.25) is 0 Å². The molecule has 1 saturated carbocycles. The minimum absolute atomic E-state index is 0.0559. The molecule has 1 N–H and O–H groups in total. The third-order valence-electron chi connectivity index (χ3n) is 7.59. The summed E-state index contributed by atoms with van der Waals surface area (Å²) >= 11 is 0. The molecule has 6 heteroatoms. The van der Waals surface area contributed by atoms with Gasteiger partial charge in [0.15, 0.2) is 6.10 Å². The molecule has 3 aliphatic rings. The second-order valence-corrected chi connectivity index (χ2v) is 9.55. The van der Waals surface area contributed by atoms with Crippen LogP contribution in [0, 0.1) is 5.92 Å². The van der Waals surface area contributed by atoms with Crippen molar-refractivity contribution in [3.05, 3.63) is 39.7 Å². The Kier molecular flexibility index (Phi) is 5.29. The van der Waals surface area contributed by atoms with E-state index in [0.717, 1.165) is 67.9 Å². The lowest BCUT2D eigenvalue weighted by Gasteiger charge is -2.47. The van der Waals surface area contributed by atoms with E-state index in [2.05, 4.69) is 0 Å². The van der Waals surface area contributed by atoms with E-state index in [4.69, 9.17) is 9.15 Å². The largest absolute Gasteiger partial charge is 0.481 e. The topological polar surface area (TPSA) is 80.0 Å². The first-order chi connectivity index (χ1) is 14.9. The molecule has 166 valence electrons. The second kappa shape index (κ2) is 7.97. The number of aliphatic hydroxyl groups is 1. The average molecular weight is 426 g/mol. The molecular formula is C25H31NO5. The summed E-state index contributed by atoms with van der Waals surface area (Å²) in [4.78, 5) is 27.3. The summed E-state index contributed by atoms with van der Waals surface area (Å²) < 4.78 is 11.5. The van der Waals surface area contributed by atoms with E-state index < -0.39 is 11.7 Å². The van der Waals surface area contributed by atoms with Gasteiger partial charge in [-0.2, -0.15) is 0 Å².